The summed E-state index contributed by atoms with van der Waals surface area (Å²) in [7, 11) is -3.24. The second-order valence-corrected chi connectivity index (χ2v) is 8.42. The maximum absolute atomic E-state index is 12.0. The lowest BCUT2D eigenvalue weighted by atomic mass is 9.86. The van der Waals surface area contributed by atoms with Gasteiger partial charge in [0.1, 0.15) is 0 Å². The van der Waals surface area contributed by atoms with Gasteiger partial charge in [-0.05, 0) is 37.8 Å². The van der Waals surface area contributed by atoms with Crippen LogP contribution in [0.1, 0.15) is 25.5 Å². The highest BCUT2D eigenvalue weighted by Gasteiger charge is 2.40. The highest BCUT2D eigenvalue weighted by Crippen LogP contribution is 2.29. The van der Waals surface area contributed by atoms with E-state index >= 15 is 0 Å². The Hall–Kier alpha value is -1.02. The summed E-state index contributed by atoms with van der Waals surface area (Å²) >= 11 is 0. The number of ether oxygens (including phenoxy) is 1. The number of hydrogen-bond donors (Lipinski definition) is 1. The fourth-order valence-corrected chi connectivity index (χ4v) is 4.40. The van der Waals surface area contributed by atoms with E-state index in [0.29, 0.717) is 12.5 Å². The van der Waals surface area contributed by atoms with Crippen LogP contribution in [0.4, 0.5) is 0 Å². The molecule has 1 N–H and O–H groups in total. The van der Waals surface area contributed by atoms with Gasteiger partial charge in [0.15, 0.2) is 0 Å². The molecule has 3 atom stereocenters. The number of sulfonamides is 1. The van der Waals surface area contributed by atoms with E-state index in [4.69, 9.17) is 4.74 Å². The third-order valence-electron chi connectivity index (χ3n) is 4.66. The largest absolute Gasteiger partial charge is 0.376 e. The molecule has 0 bridgehead atoms. The van der Waals surface area contributed by atoms with Gasteiger partial charge in [0.05, 0.1) is 23.6 Å². The van der Waals surface area contributed by atoms with Crippen LogP contribution in [0.3, 0.4) is 0 Å². The lowest BCUT2D eigenvalue weighted by molar-refractivity contribution is -0.0825. The summed E-state index contributed by atoms with van der Waals surface area (Å²) in [4.78, 5) is 6.67. The van der Waals surface area contributed by atoms with Crippen LogP contribution in [0.5, 0.6) is 0 Å². The monoisotopic (exact) mass is 339 g/mol. The number of nitrogens with zero attached hydrogens (tertiary/aromatic N) is 2. The normalized spacial score (nSPS) is 29.2. The Morgan fingerprint density at radius 3 is 3.00 bits per heavy atom. The van der Waals surface area contributed by atoms with Crippen molar-refractivity contribution in [3.05, 3.63) is 30.1 Å². The topological polar surface area (TPSA) is 71.5 Å². The average molecular weight is 339 g/mol. The smallest absolute Gasteiger partial charge is 0.211 e. The van der Waals surface area contributed by atoms with Crippen molar-refractivity contribution in [1.29, 1.82) is 0 Å². The highest BCUT2D eigenvalue weighted by atomic mass is 32.2. The van der Waals surface area contributed by atoms with Crippen LogP contribution in [-0.4, -0.2) is 55.9 Å². The zero-order valence-corrected chi connectivity index (χ0v) is 14.3. The molecule has 2 fully saturated rings. The molecule has 7 heteroatoms. The number of piperidine rings is 1. The molecule has 3 heterocycles. The number of fused-ring (bicyclic) bond motifs is 1. The molecule has 2 aliphatic heterocycles. The van der Waals surface area contributed by atoms with Gasteiger partial charge in [-0.2, -0.15) is 0 Å². The van der Waals surface area contributed by atoms with Crippen LogP contribution in [-0.2, 0) is 21.3 Å². The quantitative estimate of drug-likeness (QED) is 0.866. The Morgan fingerprint density at radius 2 is 2.26 bits per heavy atom. The van der Waals surface area contributed by atoms with Crippen molar-refractivity contribution in [3.63, 3.8) is 0 Å². The fourth-order valence-electron chi connectivity index (χ4n) is 3.56. The van der Waals surface area contributed by atoms with E-state index in [2.05, 4.69) is 14.6 Å². The zero-order chi connectivity index (χ0) is 16.3. The third kappa shape index (κ3) is 4.29. The van der Waals surface area contributed by atoms with Gasteiger partial charge in [0, 0.05) is 32.4 Å². The maximum atomic E-state index is 12.0. The summed E-state index contributed by atoms with van der Waals surface area (Å²) < 4.78 is 32.8. The molecule has 0 saturated carbocycles. The molecule has 2 aliphatic rings. The number of likely N-dealkylation sites (tertiary alicyclic amines) is 1. The number of pyridine rings is 1. The predicted molar refractivity (Wildman–Crippen MR) is 88.4 cm³/mol. The minimum atomic E-state index is -3.24. The van der Waals surface area contributed by atoms with E-state index in [-0.39, 0.29) is 17.9 Å². The molecule has 3 rings (SSSR count). The van der Waals surface area contributed by atoms with Gasteiger partial charge in [0.2, 0.25) is 10.0 Å². The number of nitrogens with one attached hydrogen (secondary N) is 1. The van der Waals surface area contributed by atoms with Crippen LogP contribution < -0.4 is 4.72 Å². The number of aromatic nitrogens is 1. The first-order chi connectivity index (χ1) is 11.1. The summed E-state index contributed by atoms with van der Waals surface area (Å²) in [5, 5.41) is 0. The van der Waals surface area contributed by atoms with Crippen molar-refractivity contribution >= 4 is 10.0 Å². The predicted octanol–water partition coefficient (Wildman–Crippen LogP) is 1.00. The molecule has 0 amide bonds. The molecular weight excluding hydrogens is 314 g/mol. The van der Waals surface area contributed by atoms with Crippen molar-refractivity contribution in [2.24, 2.45) is 5.92 Å². The zero-order valence-electron chi connectivity index (χ0n) is 13.5. The maximum Gasteiger partial charge on any atom is 0.211 e. The minimum absolute atomic E-state index is 0.00921. The van der Waals surface area contributed by atoms with E-state index in [1.165, 1.54) is 0 Å². The van der Waals surface area contributed by atoms with Crippen molar-refractivity contribution < 1.29 is 13.2 Å². The molecule has 6 nitrogen and oxygen atoms in total. The lowest BCUT2D eigenvalue weighted by Crippen LogP contribution is -2.60. The van der Waals surface area contributed by atoms with Crippen LogP contribution >= 0.6 is 0 Å². The van der Waals surface area contributed by atoms with Crippen molar-refractivity contribution in [2.45, 2.75) is 38.5 Å². The van der Waals surface area contributed by atoms with Crippen molar-refractivity contribution in [3.8, 4) is 0 Å². The van der Waals surface area contributed by atoms with E-state index < -0.39 is 10.0 Å². The van der Waals surface area contributed by atoms with Crippen LogP contribution in [0.25, 0.3) is 0 Å². The molecule has 0 spiro atoms. The summed E-state index contributed by atoms with van der Waals surface area (Å²) in [5.74, 6) is 0.479. The Balaban J connectivity index is 1.73. The summed E-state index contributed by atoms with van der Waals surface area (Å²) in [5.41, 5.74) is 1.01. The average Bonchev–Trinajstić information content (AvgIpc) is 2.55. The van der Waals surface area contributed by atoms with Gasteiger partial charge >= 0.3 is 0 Å². The van der Waals surface area contributed by atoms with Crippen LogP contribution in [0, 0.1) is 5.92 Å². The van der Waals surface area contributed by atoms with E-state index in [1.54, 1.807) is 13.1 Å². The molecule has 0 unspecified atom stereocenters. The number of hydrogen-bond acceptors (Lipinski definition) is 5. The van der Waals surface area contributed by atoms with Crippen LogP contribution in [0.15, 0.2) is 24.4 Å². The molecule has 0 radical (unpaired) electrons. The van der Waals surface area contributed by atoms with E-state index in [9.17, 15) is 8.42 Å². The van der Waals surface area contributed by atoms with Gasteiger partial charge in [-0.15, -0.1) is 0 Å². The first-order valence-corrected chi connectivity index (χ1v) is 9.96. The fraction of sp³-hybridized carbons (Fsp3) is 0.688. The molecule has 0 aromatic carbocycles. The molecule has 23 heavy (non-hydrogen) atoms. The van der Waals surface area contributed by atoms with Gasteiger partial charge in [0.25, 0.3) is 0 Å². The first kappa shape index (κ1) is 16.8. The Morgan fingerprint density at radius 1 is 1.39 bits per heavy atom. The second-order valence-electron chi connectivity index (χ2n) is 6.38. The Kier molecular flexibility index (Phi) is 5.31. The molecule has 1 aromatic rings. The first-order valence-electron chi connectivity index (χ1n) is 8.31. The SMILES string of the molecule is CCS(=O)(=O)N[C@@H]1CN(Cc2ccccn2)C[C@@H]2CCCO[C@@H]21. The molecule has 2 saturated heterocycles. The molecule has 128 valence electrons. The van der Waals surface area contributed by atoms with E-state index in [1.807, 2.05) is 18.2 Å². The van der Waals surface area contributed by atoms with Gasteiger partial charge in [-0.3, -0.25) is 9.88 Å². The number of rotatable bonds is 5. The van der Waals surface area contributed by atoms with Gasteiger partial charge < -0.3 is 4.74 Å². The van der Waals surface area contributed by atoms with Gasteiger partial charge in [-0.25, -0.2) is 13.1 Å². The van der Waals surface area contributed by atoms with Crippen molar-refractivity contribution in [2.75, 3.05) is 25.4 Å². The summed E-state index contributed by atoms with van der Waals surface area (Å²) in [6, 6.07) is 5.72. The molecule has 0 aliphatic carbocycles. The van der Waals surface area contributed by atoms with Crippen LogP contribution in [0.2, 0.25) is 0 Å². The third-order valence-corrected chi connectivity index (χ3v) is 6.08. The molecular formula is C16H25N3O3S. The molecule has 1 aromatic heterocycles. The second kappa shape index (κ2) is 7.25. The summed E-state index contributed by atoms with van der Waals surface area (Å²) in [6.45, 7) is 4.73. The summed E-state index contributed by atoms with van der Waals surface area (Å²) in [6.07, 6.45) is 3.92. The minimum Gasteiger partial charge on any atom is -0.376 e. The van der Waals surface area contributed by atoms with E-state index in [0.717, 1.165) is 38.2 Å². The highest BCUT2D eigenvalue weighted by molar-refractivity contribution is 7.89. The lowest BCUT2D eigenvalue weighted by Gasteiger charge is -2.45. The Bertz CT molecular complexity index is 608. The standard InChI is InChI=1S/C16H25N3O3S/c1-2-23(20,21)18-15-12-19(11-14-7-3-4-8-17-14)10-13-6-5-9-22-16(13)15/h3-4,7-8,13,15-16,18H,2,5-6,9-12H2,1H3/t13-,15+,16-/m0/s1. The van der Waals surface area contributed by atoms with Crippen molar-refractivity contribution in [1.82, 2.24) is 14.6 Å². The Labute approximate surface area is 138 Å². The van der Waals surface area contributed by atoms with Gasteiger partial charge in [-0.1, -0.05) is 6.07 Å².